The van der Waals surface area contributed by atoms with Gasteiger partial charge in [-0.15, -0.1) is 0 Å². The van der Waals surface area contributed by atoms with E-state index >= 15 is 0 Å². The van der Waals surface area contributed by atoms with Crippen molar-refractivity contribution in [1.82, 2.24) is 4.98 Å². The van der Waals surface area contributed by atoms with E-state index in [0.717, 1.165) is 5.56 Å². The number of aromatic carboxylic acids is 1. The number of fused-ring (bicyclic) bond motifs is 1. The number of nitrogens with zero attached hydrogens (tertiary/aromatic N) is 1. The van der Waals surface area contributed by atoms with Gasteiger partial charge in [-0.05, 0) is 17.7 Å². The SMILES string of the molecule is O=C(O)c1cc2cc(CBr)cc([N+](=O)[O-])c2[nH]1. The summed E-state index contributed by atoms with van der Waals surface area (Å²) in [6.45, 7) is 0. The second-order valence-electron chi connectivity index (χ2n) is 3.46. The monoisotopic (exact) mass is 298 g/mol. The Kier molecular flexibility index (Phi) is 2.84. The Balaban J connectivity index is 2.77. The molecule has 0 atom stereocenters. The van der Waals surface area contributed by atoms with Crippen LogP contribution in [0.5, 0.6) is 0 Å². The topological polar surface area (TPSA) is 96.2 Å². The number of alkyl halides is 1. The van der Waals surface area contributed by atoms with Gasteiger partial charge in [-0.3, -0.25) is 10.1 Å². The first-order chi connectivity index (χ1) is 8.02. The Morgan fingerprint density at radius 2 is 2.18 bits per heavy atom. The summed E-state index contributed by atoms with van der Waals surface area (Å²) in [6, 6.07) is 4.51. The zero-order valence-electron chi connectivity index (χ0n) is 8.44. The quantitative estimate of drug-likeness (QED) is 0.517. The van der Waals surface area contributed by atoms with E-state index in [1.54, 1.807) is 6.07 Å². The third-order valence-electron chi connectivity index (χ3n) is 2.35. The van der Waals surface area contributed by atoms with Crippen LogP contribution in [0.4, 0.5) is 5.69 Å². The molecule has 6 nitrogen and oxygen atoms in total. The van der Waals surface area contributed by atoms with Crippen LogP contribution in [0.1, 0.15) is 16.1 Å². The molecule has 2 aromatic rings. The fourth-order valence-electron chi connectivity index (χ4n) is 1.62. The second-order valence-corrected chi connectivity index (χ2v) is 4.02. The van der Waals surface area contributed by atoms with Crippen molar-refractivity contribution in [2.24, 2.45) is 0 Å². The molecule has 0 unspecified atom stereocenters. The van der Waals surface area contributed by atoms with Crippen molar-refractivity contribution in [2.45, 2.75) is 5.33 Å². The summed E-state index contributed by atoms with van der Waals surface area (Å²) in [7, 11) is 0. The van der Waals surface area contributed by atoms with Crippen molar-refractivity contribution < 1.29 is 14.8 Å². The van der Waals surface area contributed by atoms with Crippen molar-refractivity contribution in [1.29, 1.82) is 0 Å². The van der Waals surface area contributed by atoms with Gasteiger partial charge in [0.25, 0.3) is 5.69 Å². The maximum atomic E-state index is 10.9. The number of rotatable bonds is 3. The van der Waals surface area contributed by atoms with Crippen LogP contribution in [0.15, 0.2) is 18.2 Å². The number of carboxylic acids is 1. The summed E-state index contributed by atoms with van der Waals surface area (Å²) >= 11 is 3.21. The summed E-state index contributed by atoms with van der Waals surface area (Å²) in [5.41, 5.74) is 0.775. The number of hydrogen-bond acceptors (Lipinski definition) is 3. The van der Waals surface area contributed by atoms with Crippen LogP contribution < -0.4 is 0 Å². The van der Waals surface area contributed by atoms with Crippen molar-refractivity contribution in [3.8, 4) is 0 Å². The highest BCUT2D eigenvalue weighted by molar-refractivity contribution is 9.08. The molecule has 0 aliphatic carbocycles. The summed E-state index contributed by atoms with van der Waals surface area (Å²) in [4.78, 5) is 23.7. The molecule has 2 N–H and O–H groups in total. The number of halogens is 1. The predicted octanol–water partition coefficient (Wildman–Crippen LogP) is 2.67. The van der Waals surface area contributed by atoms with Crippen LogP contribution in [0.25, 0.3) is 10.9 Å². The van der Waals surface area contributed by atoms with Crippen molar-refractivity contribution in [3.63, 3.8) is 0 Å². The van der Waals surface area contributed by atoms with Crippen molar-refractivity contribution in [3.05, 3.63) is 39.6 Å². The average molecular weight is 299 g/mol. The first-order valence-electron chi connectivity index (χ1n) is 4.62. The molecule has 7 heteroatoms. The number of aromatic nitrogens is 1. The van der Waals surface area contributed by atoms with Gasteiger partial charge in [0.15, 0.2) is 0 Å². The summed E-state index contributed by atoms with van der Waals surface area (Å²) < 4.78 is 0. The highest BCUT2D eigenvalue weighted by Gasteiger charge is 2.18. The number of aromatic amines is 1. The number of H-pyrrole nitrogens is 1. The average Bonchev–Trinajstić information content (AvgIpc) is 2.70. The highest BCUT2D eigenvalue weighted by atomic mass is 79.9. The van der Waals surface area contributed by atoms with Gasteiger partial charge >= 0.3 is 5.97 Å². The molecule has 0 spiro atoms. The lowest BCUT2D eigenvalue weighted by Crippen LogP contribution is -1.95. The number of non-ortho nitro benzene ring substituents is 1. The van der Waals surface area contributed by atoms with Crippen LogP contribution >= 0.6 is 15.9 Å². The molecule has 1 aromatic carbocycles. The maximum Gasteiger partial charge on any atom is 0.352 e. The minimum Gasteiger partial charge on any atom is -0.477 e. The van der Waals surface area contributed by atoms with E-state index in [1.165, 1.54) is 12.1 Å². The van der Waals surface area contributed by atoms with Crippen LogP contribution in [0.2, 0.25) is 0 Å². The molecule has 88 valence electrons. The van der Waals surface area contributed by atoms with Gasteiger partial charge in [-0.2, -0.15) is 0 Å². The molecule has 0 saturated heterocycles. The zero-order valence-corrected chi connectivity index (χ0v) is 10.0. The van der Waals surface area contributed by atoms with Crippen LogP contribution in [-0.2, 0) is 5.33 Å². The molecule has 1 aromatic heterocycles. The fraction of sp³-hybridized carbons (Fsp3) is 0.100. The van der Waals surface area contributed by atoms with E-state index < -0.39 is 10.9 Å². The Morgan fingerprint density at radius 1 is 1.47 bits per heavy atom. The third-order valence-corrected chi connectivity index (χ3v) is 3.00. The number of carbonyl (C=O) groups is 1. The Morgan fingerprint density at radius 3 is 2.71 bits per heavy atom. The van der Waals surface area contributed by atoms with E-state index in [0.29, 0.717) is 10.7 Å². The highest BCUT2D eigenvalue weighted by Crippen LogP contribution is 2.28. The molecular weight excluding hydrogens is 292 g/mol. The lowest BCUT2D eigenvalue weighted by atomic mass is 10.1. The minimum atomic E-state index is -1.14. The van der Waals surface area contributed by atoms with Gasteiger partial charge < -0.3 is 10.1 Å². The number of hydrogen-bond donors (Lipinski definition) is 2. The summed E-state index contributed by atoms with van der Waals surface area (Å²) in [5, 5.41) is 20.7. The normalized spacial score (nSPS) is 10.6. The van der Waals surface area contributed by atoms with Gasteiger partial charge in [-0.25, -0.2) is 4.79 Å². The third kappa shape index (κ3) is 2.01. The predicted molar refractivity (Wildman–Crippen MR) is 64.5 cm³/mol. The minimum absolute atomic E-state index is 0.0603. The molecule has 0 amide bonds. The number of carboxylic acid groups (broad SMARTS) is 1. The first kappa shape index (κ1) is 11.6. The van der Waals surface area contributed by atoms with Crippen molar-refractivity contribution >= 4 is 38.5 Å². The van der Waals surface area contributed by atoms with Crippen LogP contribution in [0, 0.1) is 10.1 Å². The van der Waals surface area contributed by atoms with E-state index in [9.17, 15) is 14.9 Å². The Hall–Kier alpha value is -1.89. The second kappa shape index (κ2) is 4.17. The Bertz CT molecular complexity index is 620. The fourth-order valence-corrected chi connectivity index (χ4v) is 1.95. The molecule has 17 heavy (non-hydrogen) atoms. The lowest BCUT2D eigenvalue weighted by Gasteiger charge is -1.98. The number of nitro benzene ring substituents is 1. The molecule has 0 aliphatic heterocycles. The smallest absolute Gasteiger partial charge is 0.352 e. The molecule has 0 fully saturated rings. The summed E-state index contributed by atoms with van der Waals surface area (Å²) in [6.07, 6.45) is 0. The number of nitro groups is 1. The van der Waals surface area contributed by atoms with Gasteiger partial charge in [0, 0.05) is 16.8 Å². The molecule has 1 heterocycles. The van der Waals surface area contributed by atoms with E-state index in [2.05, 4.69) is 20.9 Å². The van der Waals surface area contributed by atoms with Crippen LogP contribution in [-0.4, -0.2) is 21.0 Å². The first-order valence-corrected chi connectivity index (χ1v) is 5.74. The molecule has 0 aliphatic rings. The maximum absolute atomic E-state index is 10.9. The van der Waals surface area contributed by atoms with Gasteiger partial charge in [0.05, 0.1) is 4.92 Å². The molecular formula is C10H7BrN2O4. The molecule has 0 saturated carbocycles. The van der Waals surface area contributed by atoms with Crippen LogP contribution in [0.3, 0.4) is 0 Å². The Labute approximate surface area is 104 Å². The van der Waals surface area contributed by atoms with Gasteiger partial charge in [0.1, 0.15) is 11.2 Å². The standard InChI is InChI=1S/C10H7BrN2O4/c11-4-5-1-6-3-7(10(14)15)12-9(6)8(2-5)13(16)17/h1-3,12H,4H2,(H,14,15). The number of benzene rings is 1. The van der Waals surface area contributed by atoms with Gasteiger partial charge in [0.2, 0.25) is 0 Å². The molecule has 0 bridgehead atoms. The summed E-state index contributed by atoms with van der Waals surface area (Å²) in [5.74, 6) is -1.14. The van der Waals surface area contributed by atoms with Gasteiger partial charge in [-0.1, -0.05) is 15.9 Å². The van der Waals surface area contributed by atoms with Crippen molar-refractivity contribution in [2.75, 3.05) is 0 Å². The molecule has 2 rings (SSSR count). The van der Waals surface area contributed by atoms with E-state index in [1.807, 2.05) is 0 Å². The number of nitrogens with one attached hydrogen (secondary N) is 1. The van der Waals surface area contributed by atoms with E-state index in [-0.39, 0.29) is 16.9 Å². The zero-order chi connectivity index (χ0) is 12.6. The lowest BCUT2D eigenvalue weighted by molar-refractivity contribution is -0.383. The largest absolute Gasteiger partial charge is 0.477 e. The van der Waals surface area contributed by atoms with E-state index in [4.69, 9.17) is 5.11 Å². The molecule has 0 radical (unpaired) electrons.